The molecular weight excluding hydrogens is 278 g/mol. The standard InChI is InChI=1S/C17H13N3O2/c21-11-14-5-6-15(10-19-14)22-12-13-4-7-17(20-9-13)16-3-1-2-8-18-16/h1-11H,12H2. The van der Waals surface area contributed by atoms with Gasteiger partial charge in [0.25, 0.3) is 0 Å². The molecule has 108 valence electrons. The predicted octanol–water partition coefficient (Wildman–Crippen LogP) is 2.93. The number of nitrogens with zero attached hydrogens (tertiary/aromatic N) is 3. The Morgan fingerprint density at radius 2 is 1.82 bits per heavy atom. The Morgan fingerprint density at radius 1 is 0.909 bits per heavy atom. The Labute approximate surface area is 127 Å². The molecule has 0 N–H and O–H groups in total. The third kappa shape index (κ3) is 3.32. The van der Waals surface area contributed by atoms with Crippen molar-refractivity contribution in [2.45, 2.75) is 6.61 Å². The van der Waals surface area contributed by atoms with E-state index in [-0.39, 0.29) is 0 Å². The lowest BCUT2D eigenvalue weighted by Gasteiger charge is -2.06. The number of carbonyl (C=O) groups is 1. The second kappa shape index (κ2) is 6.58. The van der Waals surface area contributed by atoms with Crippen molar-refractivity contribution in [2.24, 2.45) is 0 Å². The van der Waals surface area contributed by atoms with Gasteiger partial charge in [-0.05, 0) is 30.3 Å². The van der Waals surface area contributed by atoms with Crippen molar-refractivity contribution >= 4 is 6.29 Å². The lowest BCUT2D eigenvalue weighted by molar-refractivity contribution is 0.111. The van der Waals surface area contributed by atoms with Gasteiger partial charge in [0.05, 0.1) is 17.6 Å². The van der Waals surface area contributed by atoms with Gasteiger partial charge in [-0.1, -0.05) is 12.1 Å². The molecule has 0 aromatic carbocycles. The molecule has 0 amide bonds. The van der Waals surface area contributed by atoms with Crippen LogP contribution >= 0.6 is 0 Å². The zero-order valence-corrected chi connectivity index (χ0v) is 11.7. The zero-order valence-electron chi connectivity index (χ0n) is 11.7. The minimum absolute atomic E-state index is 0.383. The first-order valence-electron chi connectivity index (χ1n) is 6.75. The molecule has 0 bridgehead atoms. The lowest BCUT2D eigenvalue weighted by Crippen LogP contribution is -1.98. The molecular formula is C17H13N3O2. The molecule has 5 heteroatoms. The van der Waals surface area contributed by atoms with Crippen molar-refractivity contribution in [2.75, 3.05) is 0 Å². The molecule has 0 radical (unpaired) electrons. The second-order valence-electron chi connectivity index (χ2n) is 4.59. The maximum atomic E-state index is 10.5. The average molecular weight is 291 g/mol. The van der Waals surface area contributed by atoms with Gasteiger partial charge in [-0.2, -0.15) is 0 Å². The Balaban J connectivity index is 1.64. The third-order valence-electron chi connectivity index (χ3n) is 3.04. The number of rotatable bonds is 5. The number of aromatic nitrogens is 3. The SMILES string of the molecule is O=Cc1ccc(OCc2ccc(-c3ccccn3)nc2)cn1. The van der Waals surface area contributed by atoms with Gasteiger partial charge in [0, 0.05) is 18.0 Å². The Kier molecular flexibility index (Phi) is 4.15. The molecule has 0 aliphatic heterocycles. The lowest BCUT2D eigenvalue weighted by atomic mass is 10.2. The smallest absolute Gasteiger partial charge is 0.168 e. The summed E-state index contributed by atoms with van der Waals surface area (Å²) in [6, 6.07) is 12.9. The van der Waals surface area contributed by atoms with Crippen molar-refractivity contribution in [3.63, 3.8) is 0 Å². The van der Waals surface area contributed by atoms with E-state index in [9.17, 15) is 4.79 Å². The quantitative estimate of drug-likeness (QED) is 0.676. The molecule has 0 aliphatic rings. The first-order chi connectivity index (χ1) is 10.8. The molecule has 0 aliphatic carbocycles. The van der Waals surface area contributed by atoms with Crippen LogP contribution < -0.4 is 4.74 Å². The van der Waals surface area contributed by atoms with Gasteiger partial charge in [0.2, 0.25) is 0 Å². The van der Waals surface area contributed by atoms with Crippen molar-refractivity contribution < 1.29 is 9.53 Å². The van der Waals surface area contributed by atoms with E-state index < -0.39 is 0 Å². The normalized spacial score (nSPS) is 10.2. The van der Waals surface area contributed by atoms with Crippen LogP contribution in [0.2, 0.25) is 0 Å². The molecule has 3 aromatic rings. The van der Waals surface area contributed by atoms with Crippen LogP contribution in [0, 0.1) is 0 Å². The molecule has 22 heavy (non-hydrogen) atoms. The highest BCUT2D eigenvalue weighted by Crippen LogP contribution is 2.15. The molecule has 0 unspecified atom stereocenters. The van der Waals surface area contributed by atoms with Gasteiger partial charge in [-0.3, -0.25) is 14.8 Å². The minimum Gasteiger partial charge on any atom is -0.487 e. The maximum absolute atomic E-state index is 10.5. The third-order valence-corrected chi connectivity index (χ3v) is 3.04. The first-order valence-corrected chi connectivity index (χ1v) is 6.75. The van der Waals surface area contributed by atoms with Crippen LogP contribution in [0.15, 0.2) is 61.1 Å². The Bertz CT molecular complexity index is 741. The van der Waals surface area contributed by atoms with Gasteiger partial charge in [0.15, 0.2) is 6.29 Å². The number of carbonyl (C=O) groups excluding carboxylic acids is 1. The minimum atomic E-state index is 0.383. The first kappa shape index (κ1) is 13.9. The van der Waals surface area contributed by atoms with E-state index in [0.29, 0.717) is 24.3 Å². The molecule has 3 heterocycles. The number of hydrogen-bond donors (Lipinski definition) is 0. The zero-order chi connectivity index (χ0) is 15.2. The topological polar surface area (TPSA) is 65.0 Å². The highest BCUT2D eigenvalue weighted by molar-refractivity contribution is 5.71. The van der Waals surface area contributed by atoms with Crippen molar-refractivity contribution in [1.82, 2.24) is 15.0 Å². The van der Waals surface area contributed by atoms with Crippen molar-refractivity contribution in [3.8, 4) is 17.1 Å². The summed E-state index contributed by atoms with van der Waals surface area (Å²) in [4.78, 5) is 23.1. The molecule has 0 spiro atoms. The summed E-state index contributed by atoms with van der Waals surface area (Å²) in [5.41, 5.74) is 2.98. The van der Waals surface area contributed by atoms with Gasteiger partial charge >= 0.3 is 0 Å². The average Bonchev–Trinajstić information content (AvgIpc) is 2.61. The van der Waals surface area contributed by atoms with Crippen molar-refractivity contribution in [3.05, 3.63) is 72.3 Å². The van der Waals surface area contributed by atoms with Gasteiger partial charge in [0.1, 0.15) is 18.1 Å². The second-order valence-corrected chi connectivity index (χ2v) is 4.59. The highest BCUT2D eigenvalue weighted by atomic mass is 16.5. The van der Waals surface area contributed by atoms with Gasteiger partial charge < -0.3 is 4.74 Å². The molecule has 3 aromatic heterocycles. The van der Waals surface area contributed by atoms with E-state index in [4.69, 9.17) is 4.74 Å². The van der Waals surface area contributed by atoms with Gasteiger partial charge in [-0.25, -0.2) is 4.98 Å². The largest absolute Gasteiger partial charge is 0.487 e. The predicted molar refractivity (Wildman–Crippen MR) is 81.4 cm³/mol. The van der Waals surface area contributed by atoms with Crippen molar-refractivity contribution in [1.29, 1.82) is 0 Å². The number of ether oxygens (including phenoxy) is 1. The summed E-state index contributed by atoms with van der Waals surface area (Å²) >= 11 is 0. The van der Waals surface area contributed by atoms with E-state index in [1.54, 1.807) is 24.5 Å². The van der Waals surface area contributed by atoms with Crippen LogP contribution in [0.25, 0.3) is 11.4 Å². The fourth-order valence-corrected chi connectivity index (χ4v) is 1.89. The van der Waals surface area contributed by atoms with Crippen LogP contribution in [0.5, 0.6) is 5.75 Å². The monoisotopic (exact) mass is 291 g/mol. The summed E-state index contributed by atoms with van der Waals surface area (Å²) in [6.45, 7) is 0.387. The summed E-state index contributed by atoms with van der Waals surface area (Å²) < 4.78 is 5.60. The van der Waals surface area contributed by atoms with E-state index in [0.717, 1.165) is 17.0 Å². The molecule has 0 saturated heterocycles. The fourth-order valence-electron chi connectivity index (χ4n) is 1.89. The summed E-state index contributed by atoms with van der Waals surface area (Å²) in [5, 5.41) is 0. The van der Waals surface area contributed by atoms with E-state index in [2.05, 4.69) is 15.0 Å². The maximum Gasteiger partial charge on any atom is 0.168 e. The van der Waals surface area contributed by atoms with Crippen LogP contribution in [0.3, 0.4) is 0 Å². The van der Waals surface area contributed by atoms with Crippen LogP contribution in [0.4, 0.5) is 0 Å². The van der Waals surface area contributed by atoms with Crippen LogP contribution in [0.1, 0.15) is 16.1 Å². The molecule has 0 atom stereocenters. The highest BCUT2D eigenvalue weighted by Gasteiger charge is 2.01. The summed E-state index contributed by atoms with van der Waals surface area (Å²) in [6.07, 6.45) is 5.73. The summed E-state index contributed by atoms with van der Waals surface area (Å²) in [5.74, 6) is 0.611. The molecule has 5 nitrogen and oxygen atoms in total. The summed E-state index contributed by atoms with van der Waals surface area (Å²) in [7, 11) is 0. The van der Waals surface area contributed by atoms with E-state index >= 15 is 0 Å². The number of hydrogen-bond acceptors (Lipinski definition) is 5. The van der Waals surface area contributed by atoms with E-state index in [1.807, 2.05) is 30.3 Å². The molecule has 0 fully saturated rings. The Hall–Kier alpha value is -3.08. The molecule has 3 rings (SSSR count). The van der Waals surface area contributed by atoms with Crippen LogP contribution in [-0.4, -0.2) is 21.2 Å². The number of pyridine rings is 3. The van der Waals surface area contributed by atoms with Crippen LogP contribution in [-0.2, 0) is 6.61 Å². The van der Waals surface area contributed by atoms with E-state index in [1.165, 1.54) is 6.20 Å². The molecule has 0 saturated carbocycles. The Morgan fingerprint density at radius 3 is 2.45 bits per heavy atom. The van der Waals surface area contributed by atoms with Gasteiger partial charge in [-0.15, -0.1) is 0 Å². The number of aldehydes is 1. The fraction of sp³-hybridized carbons (Fsp3) is 0.0588.